The lowest BCUT2D eigenvalue weighted by Gasteiger charge is -1.97. The van der Waals surface area contributed by atoms with E-state index in [2.05, 4.69) is 15.1 Å². The number of hydrogen-bond acceptors (Lipinski definition) is 5. The molecule has 0 saturated carbocycles. The predicted molar refractivity (Wildman–Crippen MR) is 56.0 cm³/mol. The molecule has 2 heterocycles. The summed E-state index contributed by atoms with van der Waals surface area (Å²) in [7, 11) is 0. The second-order valence-corrected chi connectivity index (χ2v) is 3.27. The van der Waals surface area contributed by atoms with E-state index in [1.807, 2.05) is 6.07 Å². The Labute approximate surface area is 87.3 Å². The fourth-order valence-corrected chi connectivity index (χ4v) is 1.40. The third-order valence-corrected chi connectivity index (χ3v) is 2.18. The number of nitrogens with two attached hydrogens (primary N) is 2. The molecule has 0 spiro atoms. The van der Waals surface area contributed by atoms with Gasteiger partial charge in [-0.3, -0.25) is 0 Å². The smallest absolute Gasteiger partial charge is 0.252 e. The maximum absolute atomic E-state index is 5.59. The van der Waals surface area contributed by atoms with Crippen LogP contribution in [0.1, 0.15) is 17.9 Å². The van der Waals surface area contributed by atoms with Gasteiger partial charge in [-0.15, -0.1) is 5.10 Å². The van der Waals surface area contributed by atoms with Crippen LogP contribution >= 0.6 is 0 Å². The Morgan fingerprint density at radius 2 is 2.20 bits per heavy atom. The Bertz CT molecular complexity index is 449. The van der Waals surface area contributed by atoms with E-state index in [0.29, 0.717) is 18.9 Å². The minimum atomic E-state index is 0.429. The van der Waals surface area contributed by atoms with Crippen molar-refractivity contribution in [3.05, 3.63) is 23.8 Å². The second kappa shape index (κ2) is 4.33. The predicted octanol–water partition coefficient (Wildman–Crippen LogP) is -0.526. The first-order valence-electron chi connectivity index (χ1n) is 4.95. The first kappa shape index (κ1) is 10.0. The summed E-state index contributed by atoms with van der Waals surface area (Å²) in [6, 6.07) is 1.84. The molecule has 2 aromatic heterocycles. The highest BCUT2D eigenvalue weighted by Gasteiger charge is 2.06. The molecule has 0 aromatic carbocycles. The molecule has 0 bridgehead atoms. The largest absolute Gasteiger partial charge is 0.330 e. The van der Waals surface area contributed by atoms with Crippen molar-refractivity contribution in [2.75, 3.05) is 6.54 Å². The maximum atomic E-state index is 5.59. The van der Waals surface area contributed by atoms with Crippen molar-refractivity contribution >= 4 is 5.78 Å². The summed E-state index contributed by atoms with van der Waals surface area (Å²) in [5.41, 5.74) is 11.9. The average molecular weight is 206 g/mol. The lowest BCUT2D eigenvalue weighted by atomic mass is 10.3. The fraction of sp³-hybridized carbons (Fsp3) is 0.444. The van der Waals surface area contributed by atoms with Crippen LogP contribution in [-0.4, -0.2) is 26.1 Å². The molecule has 80 valence electrons. The lowest BCUT2D eigenvalue weighted by molar-refractivity contribution is 0.759. The van der Waals surface area contributed by atoms with Gasteiger partial charge in [0.05, 0.1) is 5.69 Å². The van der Waals surface area contributed by atoms with Crippen LogP contribution in [0.3, 0.4) is 0 Å². The SMILES string of the molecule is NCCCc1nc2nccc(CN)n2n1. The van der Waals surface area contributed by atoms with Crippen molar-refractivity contribution in [1.82, 2.24) is 19.6 Å². The zero-order valence-electron chi connectivity index (χ0n) is 8.43. The quantitative estimate of drug-likeness (QED) is 0.701. The van der Waals surface area contributed by atoms with Crippen molar-refractivity contribution in [2.24, 2.45) is 11.5 Å². The van der Waals surface area contributed by atoms with Crippen molar-refractivity contribution in [2.45, 2.75) is 19.4 Å². The normalized spacial score (nSPS) is 11.1. The van der Waals surface area contributed by atoms with Gasteiger partial charge in [0.1, 0.15) is 0 Å². The molecule has 0 radical (unpaired) electrons. The van der Waals surface area contributed by atoms with Gasteiger partial charge < -0.3 is 11.5 Å². The van der Waals surface area contributed by atoms with Crippen LogP contribution in [0.2, 0.25) is 0 Å². The monoisotopic (exact) mass is 206 g/mol. The van der Waals surface area contributed by atoms with Crippen LogP contribution in [0.5, 0.6) is 0 Å². The minimum absolute atomic E-state index is 0.429. The van der Waals surface area contributed by atoms with Gasteiger partial charge in [0.2, 0.25) is 0 Å². The lowest BCUT2D eigenvalue weighted by Crippen LogP contribution is -2.06. The third-order valence-electron chi connectivity index (χ3n) is 2.18. The summed E-state index contributed by atoms with van der Waals surface area (Å²) in [5.74, 6) is 1.37. The highest BCUT2D eigenvalue weighted by atomic mass is 15.3. The van der Waals surface area contributed by atoms with E-state index in [9.17, 15) is 0 Å². The van der Waals surface area contributed by atoms with Gasteiger partial charge in [-0.2, -0.15) is 9.50 Å². The average Bonchev–Trinajstić information content (AvgIpc) is 2.68. The Kier molecular flexibility index (Phi) is 2.89. The van der Waals surface area contributed by atoms with Gasteiger partial charge >= 0.3 is 0 Å². The molecule has 4 N–H and O–H groups in total. The molecule has 0 aliphatic carbocycles. The summed E-state index contributed by atoms with van der Waals surface area (Å²) in [5, 5.41) is 4.33. The molecule has 0 fully saturated rings. The van der Waals surface area contributed by atoms with E-state index < -0.39 is 0 Å². The molecule has 0 amide bonds. The van der Waals surface area contributed by atoms with Crippen LogP contribution in [0.15, 0.2) is 12.3 Å². The molecule has 6 nitrogen and oxygen atoms in total. The molecular formula is C9H14N6. The summed E-state index contributed by atoms with van der Waals surface area (Å²) < 4.78 is 1.69. The van der Waals surface area contributed by atoms with Crippen molar-refractivity contribution < 1.29 is 0 Å². The van der Waals surface area contributed by atoms with Gasteiger partial charge in [-0.25, -0.2) is 4.98 Å². The van der Waals surface area contributed by atoms with Crippen molar-refractivity contribution in [3.8, 4) is 0 Å². The highest BCUT2D eigenvalue weighted by molar-refractivity contribution is 5.28. The number of aryl methyl sites for hydroxylation is 1. The Balaban J connectivity index is 2.37. The molecule has 0 saturated heterocycles. The van der Waals surface area contributed by atoms with E-state index in [4.69, 9.17) is 11.5 Å². The molecular weight excluding hydrogens is 192 g/mol. The molecule has 0 unspecified atom stereocenters. The number of aromatic nitrogens is 4. The molecule has 0 aliphatic rings. The number of fused-ring (bicyclic) bond motifs is 1. The number of nitrogens with zero attached hydrogens (tertiary/aromatic N) is 4. The van der Waals surface area contributed by atoms with Crippen molar-refractivity contribution in [3.63, 3.8) is 0 Å². The van der Waals surface area contributed by atoms with Crippen LogP contribution in [0.25, 0.3) is 5.78 Å². The molecule has 15 heavy (non-hydrogen) atoms. The van der Waals surface area contributed by atoms with Gasteiger partial charge in [-0.05, 0) is 19.0 Å². The van der Waals surface area contributed by atoms with Gasteiger partial charge in [0.15, 0.2) is 5.82 Å². The van der Waals surface area contributed by atoms with Crippen LogP contribution in [-0.2, 0) is 13.0 Å². The van der Waals surface area contributed by atoms with Gasteiger partial charge in [0.25, 0.3) is 5.78 Å². The van der Waals surface area contributed by atoms with E-state index in [1.165, 1.54) is 0 Å². The van der Waals surface area contributed by atoms with Crippen LogP contribution in [0.4, 0.5) is 0 Å². The molecule has 2 rings (SSSR count). The Morgan fingerprint density at radius 1 is 1.33 bits per heavy atom. The fourth-order valence-electron chi connectivity index (χ4n) is 1.40. The van der Waals surface area contributed by atoms with Crippen molar-refractivity contribution in [1.29, 1.82) is 0 Å². The Morgan fingerprint density at radius 3 is 2.93 bits per heavy atom. The van der Waals surface area contributed by atoms with Crippen LogP contribution < -0.4 is 11.5 Å². The van der Waals surface area contributed by atoms with E-state index >= 15 is 0 Å². The maximum Gasteiger partial charge on any atom is 0.252 e. The topological polar surface area (TPSA) is 95.1 Å². The number of rotatable bonds is 4. The van der Waals surface area contributed by atoms with Crippen LogP contribution in [0, 0.1) is 0 Å². The first-order valence-corrected chi connectivity index (χ1v) is 4.95. The molecule has 2 aromatic rings. The number of hydrogen-bond donors (Lipinski definition) is 2. The standard InChI is InChI=1S/C9H14N6/c10-4-1-2-8-13-9-12-5-3-7(6-11)15(9)14-8/h3,5H,1-2,4,6,10-11H2. The minimum Gasteiger partial charge on any atom is -0.330 e. The molecule has 0 atom stereocenters. The third kappa shape index (κ3) is 1.95. The summed E-state index contributed by atoms with van der Waals surface area (Å²) in [6.45, 7) is 1.07. The Hall–Kier alpha value is -1.53. The summed E-state index contributed by atoms with van der Waals surface area (Å²) in [4.78, 5) is 8.41. The zero-order chi connectivity index (χ0) is 10.7. The first-order chi connectivity index (χ1) is 7.35. The molecule has 6 heteroatoms. The second-order valence-electron chi connectivity index (χ2n) is 3.27. The summed E-state index contributed by atoms with van der Waals surface area (Å²) in [6.07, 6.45) is 3.36. The molecule has 0 aliphatic heterocycles. The van der Waals surface area contributed by atoms with E-state index in [-0.39, 0.29) is 0 Å². The summed E-state index contributed by atoms with van der Waals surface area (Å²) >= 11 is 0. The van der Waals surface area contributed by atoms with E-state index in [1.54, 1.807) is 10.7 Å². The van der Waals surface area contributed by atoms with Gasteiger partial charge in [-0.1, -0.05) is 0 Å². The highest BCUT2D eigenvalue weighted by Crippen LogP contribution is 2.03. The van der Waals surface area contributed by atoms with E-state index in [0.717, 1.165) is 24.4 Å². The zero-order valence-corrected chi connectivity index (χ0v) is 8.43. The van der Waals surface area contributed by atoms with Gasteiger partial charge in [0, 0.05) is 19.2 Å².